The first-order chi connectivity index (χ1) is 51.6. The number of hydrogen-bond donors (Lipinski definition) is 0. The molecule has 562 valence electrons. The van der Waals surface area contributed by atoms with Crippen LogP contribution in [0.25, 0.3) is 110 Å². The molecular weight excluding hydrogens is 1280 g/mol. The van der Waals surface area contributed by atoms with Gasteiger partial charge in [-0.15, -0.1) is 9.20 Å². The monoisotopic (exact) mass is 1420 g/mol. The lowest BCUT2D eigenvalue weighted by Gasteiger charge is -2.08. The Morgan fingerprint density at radius 1 is 0.248 bits per heavy atom. The average Bonchev–Trinajstić information content (AvgIpc) is 1.53. The summed E-state index contributed by atoms with van der Waals surface area (Å²) in [5.41, 5.74) is 15.2. The number of rotatable bonds is 3. The van der Waals surface area contributed by atoms with Crippen LogP contribution in [0.3, 0.4) is 0 Å². The Kier molecular flexibility index (Phi) is 44.5. The van der Waals surface area contributed by atoms with Crippen molar-refractivity contribution in [2.45, 2.75) is 187 Å². The van der Waals surface area contributed by atoms with Crippen LogP contribution >= 0.6 is 0 Å². The van der Waals surface area contributed by atoms with Crippen LogP contribution < -0.4 is 18.4 Å². The van der Waals surface area contributed by atoms with Crippen molar-refractivity contribution in [3.63, 3.8) is 0 Å². The summed E-state index contributed by atoms with van der Waals surface area (Å²) in [6, 6.07) is 77.4. The third-order valence-electron chi connectivity index (χ3n) is 16.1. The van der Waals surface area contributed by atoms with Crippen molar-refractivity contribution in [2.24, 2.45) is 35.2 Å². The maximum absolute atomic E-state index is 2.36. The molecule has 8 heterocycles. The van der Waals surface area contributed by atoms with Crippen molar-refractivity contribution in [1.29, 1.82) is 0 Å². The highest BCUT2D eigenvalue weighted by Crippen LogP contribution is 2.36. The van der Waals surface area contributed by atoms with E-state index >= 15 is 0 Å². The Bertz CT molecular complexity index is 5030. The van der Waals surface area contributed by atoms with Gasteiger partial charge in [-0.2, -0.15) is 13.7 Å². The molecule has 0 fully saturated rings. The minimum absolute atomic E-state index is 1.16. The quantitative estimate of drug-likeness (QED) is 0.125. The molecule has 16 aromatic rings. The third kappa shape index (κ3) is 20.9. The highest BCUT2D eigenvalue weighted by atomic mass is 15.3. The van der Waals surface area contributed by atoms with Gasteiger partial charge in [-0.3, -0.25) is 0 Å². The van der Waals surface area contributed by atoms with Crippen molar-refractivity contribution >= 4 is 92.7 Å². The fourth-order valence-electron chi connectivity index (χ4n) is 12.5. The molecule has 0 aliphatic heterocycles. The van der Waals surface area contributed by atoms with Crippen LogP contribution in [0, 0.1) is 20.8 Å². The number of pyridine rings is 3. The maximum atomic E-state index is 2.36. The lowest BCUT2D eigenvalue weighted by atomic mass is 10.0. The molecule has 0 saturated heterocycles. The van der Waals surface area contributed by atoms with Gasteiger partial charge in [-0.25, -0.2) is 18.3 Å². The number of hydrogen-bond acceptors (Lipinski definition) is 0. The van der Waals surface area contributed by atoms with Crippen LogP contribution in [0.15, 0.2) is 249 Å². The van der Waals surface area contributed by atoms with Crippen LogP contribution in [0.4, 0.5) is 0 Å². The van der Waals surface area contributed by atoms with E-state index in [1.54, 1.807) is 0 Å². The highest BCUT2D eigenvalue weighted by Gasteiger charge is 2.25. The van der Waals surface area contributed by atoms with Crippen LogP contribution in [0.2, 0.25) is 0 Å². The summed E-state index contributed by atoms with van der Waals surface area (Å²) in [4.78, 5) is 0. The molecule has 8 aromatic heterocycles. The molecule has 0 N–H and O–H groups in total. The number of nitrogens with zero attached hydrogens (tertiary/aromatic N) is 9. The third-order valence-corrected chi connectivity index (χ3v) is 16.1. The van der Waals surface area contributed by atoms with E-state index in [2.05, 4.69) is 347 Å². The predicted molar refractivity (Wildman–Crippen MR) is 469 cm³/mol. The summed E-state index contributed by atoms with van der Waals surface area (Å²) in [5, 5.41) is 11.8. The number of aryl methyl sites for hydroxylation is 8. The van der Waals surface area contributed by atoms with Crippen LogP contribution in [-0.2, 0) is 35.2 Å². The zero-order chi connectivity index (χ0) is 79.5. The summed E-state index contributed by atoms with van der Waals surface area (Å²) in [6.45, 7) is 54.5. The van der Waals surface area contributed by atoms with E-state index in [0.29, 0.717) is 0 Å². The molecular formula is C96H137N9+4. The Labute approximate surface area is 635 Å². The van der Waals surface area contributed by atoms with E-state index in [-0.39, 0.29) is 0 Å². The van der Waals surface area contributed by atoms with Gasteiger partial charge in [0, 0.05) is 49.8 Å². The van der Waals surface area contributed by atoms with Gasteiger partial charge in [0.2, 0.25) is 0 Å². The number of aromatic nitrogens is 9. The molecule has 0 radical (unpaired) electrons. The number of benzene rings is 8. The number of para-hydroxylation sites is 7. The van der Waals surface area contributed by atoms with Crippen molar-refractivity contribution in [3.05, 3.63) is 266 Å². The van der Waals surface area contributed by atoms with Gasteiger partial charge in [0.15, 0.2) is 13.2 Å². The second kappa shape index (κ2) is 50.3. The SMILES string of the molecule is CC.CC.CC.CC.CC.CC.CC.CC.CC.CC.CC.CC.C[n+]1cccc2c3ccccc3n(-c3ccccc3)c21.Cc1cccc2c3ccccc3c3cc[n+](C)n3c12.Cc1cccc2c3ccccc3n(-c3cccc[n+]3C)c12.Cc1cccc2c3ccccc3n(-c3n(C)cc[n+]3C)c12. The minimum atomic E-state index is 1.16. The molecule has 9 heteroatoms. The molecule has 0 atom stereocenters. The Balaban J connectivity index is 0.000000638. The zero-order valence-corrected chi connectivity index (χ0v) is 71.2. The first-order valence-corrected chi connectivity index (χ1v) is 39.7. The maximum Gasteiger partial charge on any atom is 0.369 e. The van der Waals surface area contributed by atoms with E-state index in [1.807, 2.05) is 166 Å². The largest absolute Gasteiger partial charge is 0.369 e. The Morgan fingerprint density at radius 2 is 0.600 bits per heavy atom. The summed E-state index contributed by atoms with van der Waals surface area (Å²) in [5.74, 6) is 2.34. The Hall–Kier alpha value is -10.1. The molecule has 0 spiro atoms. The summed E-state index contributed by atoms with van der Waals surface area (Å²) < 4.78 is 20.2. The topological polar surface area (TPSA) is 39.6 Å². The number of imidazole rings is 1. The van der Waals surface area contributed by atoms with Gasteiger partial charge in [-0.05, 0) is 110 Å². The predicted octanol–water partition coefficient (Wildman–Crippen LogP) is 26.5. The van der Waals surface area contributed by atoms with E-state index in [0.717, 1.165) is 5.95 Å². The van der Waals surface area contributed by atoms with Gasteiger partial charge >= 0.3 is 5.95 Å². The molecule has 105 heavy (non-hydrogen) atoms. The molecule has 16 rings (SSSR count). The van der Waals surface area contributed by atoms with E-state index < -0.39 is 0 Å². The minimum Gasteiger partial charge on any atom is -0.237 e. The first-order valence-electron chi connectivity index (χ1n) is 39.7. The molecule has 0 amide bonds. The van der Waals surface area contributed by atoms with Gasteiger partial charge in [0.1, 0.15) is 44.3 Å². The van der Waals surface area contributed by atoms with E-state index in [4.69, 9.17) is 0 Å². The zero-order valence-electron chi connectivity index (χ0n) is 71.2. The first kappa shape index (κ1) is 92.9. The summed E-state index contributed by atoms with van der Waals surface area (Å²) >= 11 is 0. The van der Waals surface area contributed by atoms with Gasteiger partial charge < -0.3 is 0 Å². The van der Waals surface area contributed by atoms with Crippen LogP contribution in [-0.4, -0.2) is 22.8 Å². The van der Waals surface area contributed by atoms with E-state index in [1.165, 1.54) is 121 Å². The number of fused-ring (bicyclic) bond motifs is 15. The van der Waals surface area contributed by atoms with Crippen LogP contribution in [0.5, 0.6) is 0 Å². The fourth-order valence-corrected chi connectivity index (χ4v) is 12.5. The van der Waals surface area contributed by atoms with Crippen molar-refractivity contribution < 1.29 is 18.4 Å². The molecule has 0 aliphatic carbocycles. The van der Waals surface area contributed by atoms with E-state index in [9.17, 15) is 0 Å². The molecule has 0 aliphatic rings. The fraction of sp³-hybridized carbons (Fsp3) is 0.333. The summed E-state index contributed by atoms with van der Waals surface area (Å²) in [6.07, 6.45) is 10.5. The standard InChI is InChI=1S/C19H17N2.C18H18N3.C18H15N2.C17H15N2.12C2H6/c1-14-8-7-10-16-15-9-3-4-11-17(15)21(19(14)16)18-12-5-6-13-20(18)2;1-13-7-6-9-15-14-8-4-5-10-16(14)21(17(13)15)18-19(2)11-12-20(18)3;1-19-13-7-11-16-15-10-5-6-12-17(15)20(18(16)19)14-8-3-2-4-9-14;1-12-6-5-9-15-13-7-3-4-8-14(13)16-10-11-18(2)19(16)17(12)15;12*1-2/h3-13H,1-2H3;4-12H,1-3H3;2-13H,1H3;3-11H,1-2H3;12*1-2H3/q4*+1;;;;;;;;;;;;. The van der Waals surface area contributed by atoms with Crippen molar-refractivity contribution in [2.75, 3.05) is 0 Å². The van der Waals surface area contributed by atoms with Gasteiger partial charge in [-0.1, -0.05) is 306 Å². The van der Waals surface area contributed by atoms with Gasteiger partial charge in [0.25, 0.3) is 11.5 Å². The molecule has 8 aromatic carbocycles. The smallest absolute Gasteiger partial charge is 0.237 e. The normalized spacial score (nSPS) is 9.52. The molecule has 9 nitrogen and oxygen atoms in total. The summed E-state index contributed by atoms with van der Waals surface area (Å²) in [7, 11) is 10.5. The van der Waals surface area contributed by atoms with Crippen molar-refractivity contribution in [1.82, 2.24) is 22.8 Å². The Morgan fingerprint density at radius 3 is 1.06 bits per heavy atom. The second-order valence-electron chi connectivity index (χ2n) is 21.3. The van der Waals surface area contributed by atoms with Crippen LogP contribution in [0.1, 0.15) is 183 Å². The average molecular weight is 1420 g/mol. The second-order valence-corrected chi connectivity index (χ2v) is 21.3. The molecule has 0 bridgehead atoms. The lowest BCUT2D eigenvalue weighted by molar-refractivity contribution is -0.735. The molecule has 0 saturated carbocycles. The highest BCUT2D eigenvalue weighted by molar-refractivity contribution is 6.13. The van der Waals surface area contributed by atoms with Crippen molar-refractivity contribution in [3.8, 4) is 17.5 Å². The van der Waals surface area contributed by atoms with Gasteiger partial charge in [0.05, 0.1) is 58.4 Å². The molecule has 0 unspecified atom stereocenters. The lowest BCUT2D eigenvalue weighted by Crippen LogP contribution is -2.34.